The van der Waals surface area contributed by atoms with Crippen molar-refractivity contribution in [3.05, 3.63) is 57.0 Å². The van der Waals surface area contributed by atoms with Crippen LogP contribution >= 0.6 is 11.3 Å². The van der Waals surface area contributed by atoms with Gasteiger partial charge < -0.3 is 5.32 Å². The Hall–Kier alpha value is -2.47. The van der Waals surface area contributed by atoms with Crippen LogP contribution in [0.15, 0.2) is 35.4 Å². The molecule has 0 bridgehead atoms. The fourth-order valence-electron chi connectivity index (χ4n) is 3.82. The molecule has 2 aromatic heterocycles. The molecule has 28 heavy (non-hydrogen) atoms. The van der Waals surface area contributed by atoms with Crippen LogP contribution in [0, 0.1) is 5.92 Å². The second kappa shape index (κ2) is 7.51. The first-order valence-electron chi connectivity index (χ1n) is 9.89. The Bertz CT molecular complexity index is 1080. The molecule has 3 aromatic rings. The Morgan fingerprint density at radius 3 is 2.82 bits per heavy atom. The van der Waals surface area contributed by atoms with E-state index in [-0.39, 0.29) is 11.5 Å². The van der Waals surface area contributed by atoms with Gasteiger partial charge in [-0.25, -0.2) is 4.98 Å². The summed E-state index contributed by atoms with van der Waals surface area (Å²) in [4.78, 5) is 32.5. The zero-order valence-electron chi connectivity index (χ0n) is 16.5. The molecule has 2 atom stereocenters. The molecule has 4 rings (SSSR count). The minimum Gasteiger partial charge on any atom is -0.324 e. The number of anilines is 1. The van der Waals surface area contributed by atoms with Crippen LogP contribution < -0.4 is 10.9 Å². The van der Waals surface area contributed by atoms with Crippen molar-refractivity contribution in [2.45, 2.75) is 52.5 Å². The van der Waals surface area contributed by atoms with Gasteiger partial charge in [0.25, 0.3) is 5.56 Å². The average molecular weight is 396 g/mol. The lowest BCUT2D eigenvalue weighted by Crippen LogP contribution is -2.32. The number of nitrogens with zero attached hydrogens (tertiary/aromatic N) is 2. The lowest BCUT2D eigenvalue weighted by molar-refractivity contribution is -0.118. The van der Waals surface area contributed by atoms with Crippen LogP contribution in [0.3, 0.4) is 0 Å². The summed E-state index contributed by atoms with van der Waals surface area (Å²) in [5.41, 5.74) is 2.99. The summed E-state index contributed by atoms with van der Waals surface area (Å²) in [7, 11) is 0. The van der Waals surface area contributed by atoms with Gasteiger partial charge in [0.2, 0.25) is 5.91 Å². The largest absolute Gasteiger partial charge is 0.324 e. The number of aromatic nitrogens is 2. The standard InChI is InChI=1S/C22H25N3O2S/c1-4-15-6-8-16(9-7-15)24-20(26)14(3)25-12-23-21-19(22(25)27)17-10-5-13(2)11-18(17)28-21/h6-9,12-14H,4-5,10-11H2,1-3H3,(H,24,26)/t13-,14+/m1/s1. The summed E-state index contributed by atoms with van der Waals surface area (Å²) < 4.78 is 1.46. The first-order valence-corrected chi connectivity index (χ1v) is 10.7. The van der Waals surface area contributed by atoms with E-state index in [0.717, 1.165) is 41.8 Å². The fraction of sp³-hybridized carbons (Fsp3) is 0.409. The zero-order valence-corrected chi connectivity index (χ0v) is 17.3. The molecule has 0 radical (unpaired) electrons. The molecule has 146 valence electrons. The third-order valence-electron chi connectivity index (χ3n) is 5.67. The monoisotopic (exact) mass is 395 g/mol. The van der Waals surface area contributed by atoms with E-state index in [0.29, 0.717) is 11.3 Å². The normalized spacial score (nSPS) is 17.3. The van der Waals surface area contributed by atoms with Gasteiger partial charge in [-0.15, -0.1) is 11.3 Å². The number of amides is 1. The van der Waals surface area contributed by atoms with Gasteiger partial charge in [0, 0.05) is 10.6 Å². The molecule has 0 fully saturated rings. The Balaban J connectivity index is 1.63. The third-order valence-corrected chi connectivity index (χ3v) is 6.83. The van der Waals surface area contributed by atoms with Gasteiger partial charge in [0.1, 0.15) is 10.9 Å². The zero-order chi connectivity index (χ0) is 19.8. The minimum atomic E-state index is -0.631. The number of fused-ring (bicyclic) bond motifs is 3. The molecule has 0 aliphatic heterocycles. The average Bonchev–Trinajstić information content (AvgIpc) is 3.06. The molecule has 1 N–H and O–H groups in total. The van der Waals surface area contributed by atoms with Gasteiger partial charge in [0.05, 0.1) is 11.7 Å². The van der Waals surface area contributed by atoms with Crippen molar-refractivity contribution in [3.8, 4) is 0 Å². The highest BCUT2D eigenvalue weighted by Gasteiger charge is 2.25. The molecule has 1 aliphatic rings. The van der Waals surface area contributed by atoms with Crippen LogP contribution in [-0.2, 0) is 24.1 Å². The van der Waals surface area contributed by atoms with E-state index in [1.807, 2.05) is 24.3 Å². The van der Waals surface area contributed by atoms with Crippen molar-refractivity contribution in [3.63, 3.8) is 0 Å². The highest BCUT2D eigenvalue weighted by Crippen LogP contribution is 2.35. The summed E-state index contributed by atoms with van der Waals surface area (Å²) in [6, 6.07) is 7.15. The molecule has 1 aromatic carbocycles. The van der Waals surface area contributed by atoms with E-state index in [2.05, 4.69) is 24.1 Å². The van der Waals surface area contributed by atoms with E-state index < -0.39 is 6.04 Å². The van der Waals surface area contributed by atoms with Gasteiger partial charge >= 0.3 is 0 Å². The predicted molar refractivity (Wildman–Crippen MR) is 114 cm³/mol. The van der Waals surface area contributed by atoms with E-state index >= 15 is 0 Å². The quantitative estimate of drug-likeness (QED) is 0.714. The second-order valence-corrected chi connectivity index (χ2v) is 8.79. The maximum Gasteiger partial charge on any atom is 0.263 e. The number of hydrogen-bond acceptors (Lipinski definition) is 4. The molecule has 1 amide bonds. The molecule has 0 spiro atoms. The number of aryl methyl sites for hydroxylation is 2. The Morgan fingerprint density at radius 2 is 2.11 bits per heavy atom. The second-order valence-electron chi connectivity index (χ2n) is 7.70. The molecule has 0 saturated carbocycles. The SMILES string of the molecule is CCc1ccc(NC(=O)[C@H](C)n2cnc3sc4c(c3c2=O)CC[C@@H](C)C4)cc1. The van der Waals surface area contributed by atoms with Crippen molar-refractivity contribution in [1.29, 1.82) is 0 Å². The molecule has 5 nitrogen and oxygen atoms in total. The van der Waals surface area contributed by atoms with Crippen molar-refractivity contribution in [1.82, 2.24) is 9.55 Å². The van der Waals surface area contributed by atoms with E-state index in [9.17, 15) is 9.59 Å². The van der Waals surface area contributed by atoms with Gasteiger partial charge in [-0.1, -0.05) is 26.0 Å². The van der Waals surface area contributed by atoms with Crippen LogP contribution in [0.5, 0.6) is 0 Å². The number of rotatable bonds is 4. The van der Waals surface area contributed by atoms with Gasteiger partial charge in [-0.2, -0.15) is 0 Å². The minimum absolute atomic E-state index is 0.110. The third kappa shape index (κ3) is 3.37. The summed E-state index contributed by atoms with van der Waals surface area (Å²) >= 11 is 1.63. The van der Waals surface area contributed by atoms with Crippen LogP contribution in [-0.4, -0.2) is 15.5 Å². The van der Waals surface area contributed by atoms with Gasteiger partial charge in [0.15, 0.2) is 0 Å². The highest BCUT2D eigenvalue weighted by atomic mass is 32.1. The van der Waals surface area contributed by atoms with Gasteiger partial charge in [-0.05, 0) is 61.8 Å². The number of benzene rings is 1. The van der Waals surface area contributed by atoms with Crippen molar-refractivity contribution in [2.24, 2.45) is 5.92 Å². The highest BCUT2D eigenvalue weighted by molar-refractivity contribution is 7.18. The molecular formula is C22H25N3O2S. The molecule has 2 heterocycles. The van der Waals surface area contributed by atoms with Crippen molar-refractivity contribution in [2.75, 3.05) is 5.32 Å². The van der Waals surface area contributed by atoms with Gasteiger partial charge in [-0.3, -0.25) is 14.2 Å². The predicted octanol–water partition coefficient (Wildman–Crippen LogP) is 4.34. The summed E-state index contributed by atoms with van der Waals surface area (Å²) in [6.45, 7) is 6.08. The number of nitrogens with one attached hydrogen (secondary N) is 1. The van der Waals surface area contributed by atoms with Crippen molar-refractivity contribution < 1.29 is 4.79 Å². The molecule has 0 unspecified atom stereocenters. The fourth-order valence-corrected chi connectivity index (χ4v) is 5.16. The Kier molecular flexibility index (Phi) is 5.06. The van der Waals surface area contributed by atoms with Crippen LogP contribution in [0.2, 0.25) is 0 Å². The molecule has 0 saturated heterocycles. The maximum atomic E-state index is 13.2. The maximum absolute atomic E-state index is 13.2. The molecular weight excluding hydrogens is 370 g/mol. The van der Waals surface area contributed by atoms with E-state index in [1.54, 1.807) is 18.3 Å². The summed E-state index contributed by atoms with van der Waals surface area (Å²) in [5, 5.41) is 3.61. The van der Waals surface area contributed by atoms with Crippen LogP contribution in [0.25, 0.3) is 10.2 Å². The molecule has 6 heteroatoms. The van der Waals surface area contributed by atoms with E-state index in [1.165, 1.54) is 21.3 Å². The van der Waals surface area contributed by atoms with Crippen molar-refractivity contribution >= 4 is 33.1 Å². The van der Waals surface area contributed by atoms with E-state index in [4.69, 9.17) is 0 Å². The Morgan fingerprint density at radius 1 is 1.36 bits per heavy atom. The number of hydrogen-bond donors (Lipinski definition) is 1. The lowest BCUT2D eigenvalue weighted by atomic mass is 9.89. The Labute approximate surface area is 168 Å². The topological polar surface area (TPSA) is 64.0 Å². The summed E-state index contributed by atoms with van der Waals surface area (Å²) in [6.07, 6.45) is 5.49. The first-order chi connectivity index (χ1) is 13.5. The number of carbonyl (C=O) groups excluding carboxylic acids is 1. The smallest absolute Gasteiger partial charge is 0.263 e. The number of thiophene rings is 1. The lowest BCUT2D eigenvalue weighted by Gasteiger charge is -2.18. The first kappa shape index (κ1) is 18.9. The van der Waals surface area contributed by atoms with Crippen LogP contribution in [0.1, 0.15) is 49.2 Å². The number of carbonyl (C=O) groups is 1. The summed E-state index contributed by atoms with van der Waals surface area (Å²) in [5.74, 6) is 0.428. The molecule has 1 aliphatic carbocycles. The van der Waals surface area contributed by atoms with Crippen LogP contribution in [0.4, 0.5) is 5.69 Å².